The van der Waals surface area contributed by atoms with Crippen LogP contribution in [0.5, 0.6) is 0 Å². The Morgan fingerprint density at radius 1 is 1.03 bits per heavy atom. The Labute approximate surface area is 206 Å². The summed E-state index contributed by atoms with van der Waals surface area (Å²) < 4.78 is 0. The van der Waals surface area contributed by atoms with Gasteiger partial charge in [0.25, 0.3) is 5.78 Å². The van der Waals surface area contributed by atoms with E-state index in [1.165, 1.54) is 0 Å². The summed E-state index contributed by atoms with van der Waals surface area (Å²) in [6.07, 6.45) is 4.60. The molecule has 1 amide bonds. The Morgan fingerprint density at radius 3 is 2.54 bits per heavy atom. The highest BCUT2D eigenvalue weighted by molar-refractivity contribution is 6.39. The van der Waals surface area contributed by atoms with E-state index in [4.69, 9.17) is 10.1 Å². The number of pyridine rings is 1. The number of nitrogens with zero attached hydrogens (tertiary/aromatic N) is 3. The van der Waals surface area contributed by atoms with Gasteiger partial charge in [0, 0.05) is 55.3 Å². The first-order valence-corrected chi connectivity index (χ1v) is 12.6. The van der Waals surface area contributed by atoms with Crippen molar-refractivity contribution in [1.29, 1.82) is 0 Å². The van der Waals surface area contributed by atoms with E-state index < -0.39 is 11.8 Å². The van der Waals surface area contributed by atoms with Crippen molar-refractivity contribution in [2.24, 2.45) is 0 Å². The van der Waals surface area contributed by atoms with E-state index in [1.807, 2.05) is 18.2 Å². The molecule has 0 spiro atoms. The molecule has 35 heavy (non-hydrogen) atoms. The van der Waals surface area contributed by atoms with Crippen LogP contribution >= 0.6 is 0 Å². The number of carboxylic acid groups (broad SMARTS) is 1. The third kappa shape index (κ3) is 6.25. The molecule has 2 N–H and O–H groups in total. The number of aromatic nitrogens is 1. The molecule has 2 aliphatic rings. The fourth-order valence-corrected chi connectivity index (χ4v) is 5.02. The number of Topliss-reactive ketones (excluding diaryl/α,β-unsaturated/α-hetero) is 1. The Balaban J connectivity index is 1.22. The number of fused-ring (bicyclic) bond motifs is 1. The molecular weight excluding hydrogens is 444 g/mol. The highest BCUT2D eigenvalue weighted by Crippen LogP contribution is 2.24. The second kappa shape index (κ2) is 11.4. The Kier molecular flexibility index (Phi) is 8.13. The number of hydrogen-bond donors (Lipinski definition) is 2. The van der Waals surface area contributed by atoms with Gasteiger partial charge in [-0.3, -0.25) is 14.5 Å². The van der Waals surface area contributed by atoms with Gasteiger partial charge in [-0.15, -0.1) is 0 Å². The summed E-state index contributed by atoms with van der Waals surface area (Å²) in [6, 6.07) is 12.7. The normalized spacial score (nSPS) is 17.9. The number of hydrogen-bond acceptors (Lipinski definition) is 6. The molecule has 2 heterocycles. The largest absolute Gasteiger partial charge is 0.475 e. The maximum Gasteiger partial charge on any atom is 0.376 e. The van der Waals surface area contributed by atoms with Gasteiger partial charge in [0.05, 0.1) is 5.52 Å². The first-order valence-electron chi connectivity index (χ1n) is 12.6. The van der Waals surface area contributed by atoms with E-state index in [0.29, 0.717) is 31.0 Å². The lowest BCUT2D eigenvalue weighted by atomic mass is 9.93. The first-order chi connectivity index (χ1) is 16.9. The van der Waals surface area contributed by atoms with Crippen LogP contribution in [0.25, 0.3) is 10.9 Å². The molecule has 1 aliphatic heterocycles. The number of aliphatic carboxylic acids is 1. The summed E-state index contributed by atoms with van der Waals surface area (Å²) in [5.74, 6) is -1.48. The van der Waals surface area contributed by atoms with Crippen molar-refractivity contribution >= 4 is 34.4 Å². The third-order valence-electron chi connectivity index (χ3n) is 7.10. The molecule has 0 saturated carbocycles. The van der Waals surface area contributed by atoms with Gasteiger partial charge in [0.15, 0.2) is 0 Å². The SMILES string of the molecule is CC(CCCC(=O)NC1=C(C(=O)C(=O)O)CCCC1)N1CCN(c2ccc3ccccc3n2)CC1. The van der Waals surface area contributed by atoms with Crippen LogP contribution in [0.4, 0.5) is 5.82 Å². The lowest BCUT2D eigenvalue weighted by Crippen LogP contribution is -2.49. The zero-order valence-electron chi connectivity index (χ0n) is 20.3. The fraction of sp³-hybridized carbons (Fsp3) is 0.481. The van der Waals surface area contributed by atoms with E-state index in [0.717, 1.165) is 68.6 Å². The van der Waals surface area contributed by atoms with Crippen molar-refractivity contribution in [2.45, 2.75) is 57.9 Å². The molecule has 1 aromatic heterocycles. The molecule has 1 fully saturated rings. The average molecular weight is 479 g/mol. The second-order valence-electron chi connectivity index (χ2n) is 9.47. The van der Waals surface area contributed by atoms with Crippen molar-refractivity contribution in [1.82, 2.24) is 15.2 Å². The van der Waals surface area contributed by atoms with Gasteiger partial charge in [0.2, 0.25) is 5.91 Å². The van der Waals surface area contributed by atoms with Crippen molar-refractivity contribution in [2.75, 3.05) is 31.1 Å². The van der Waals surface area contributed by atoms with Crippen LogP contribution in [-0.2, 0) is 14.4 Å². The van der Waals surface area contributed by atoms with Gasteiger partial charge in [-0.25, -0.2) is 9.78 Å². The molecule has 1 aliphatic carbocycles. The van der Waals surface area contributed by atoms with Crippen LogP contribution < -0.4 is 10.2 Å². The highest BCUT2D eigenvalue weighted by Gasteiger charge is 2.25. The number of carbonyl (C=O) groups is 3. The van der Waals surface area contributed by atoms with Gasteiger partial charge >= 0.3 is 5.97 Å². The summed E-state index contributed by atoms with van der Waals surface area (Å²) in [6.45, 7) is 5.95. The Bertz CT molecular complexity index is 1120. The quantitative estimate of drug-likeness (QED) is 0.532. The molecule has 8 heteroatoms. The summed E-state index contributed by atoms with van der Waals surface area (Å²) in [7, 11) is 0. The van der Waals surface area contributed by atoms with Gasteiger partial charge in [0.1, 0.15) is 5.82 Å². The second-order valence-corrected chi connectivity index (χ2v) is 9.47. The molecule has 1 aromatic carbocycles. The van der Waals surface area contributed by atoms with Crippen LogP contribution in [0.1, 0.15) is 51.9 Å². The maximum atomic E-state index is 12.5. The smallest absolute Gasteiger partial charge is 0.376 e. The predicted octanol–water partition coefficient (Wildman–Crippen LogP) is 3.51. The summed E-state index contributed by atoms with van der Waals surface area (Å²) in [4.78, 5) is 45.1. The molecule has 4 rings (SSSR count). The van der Waals surface area contributed by atoms with Gasteiger partial charge in [-0.05, 0) is 63.6 Å². The van der Waals surface area contributed by atoms with E-state index in [-0.39, 0.29) is 11.5 Å². The number of carbonyl (C=O) groups excluding carboxylic acids is 2. The summed E-state index contributed by atoms with van der Waals surface area (Å²) >= 11 is 0. The molecule has 1 saturated heterocycles. The minimum absolute atomic E-state index is 0.142. The number of allylic oxidation sites excluding steroid dienone is 1. The minimum atomic E-state index is -1.46. The molecule has 1 atom stereocenters. The number of nitrogens with one attached hydrogen (secondary N) is 1. The number of benzene rings is 1. The maximum absolute atomic E-state index is 12.5. The minimum Gasteiger partial charge on any atom is -0.475 e. The molecule has 8 nitrogen and oxygen atoms in total. The lowest BCUT2D eigenvalue weighted by Gasteiger charge is -2.38. The molecule has 0 bridgehead atoms. The number of piperazine rings is 1. The number of ketones is 1. The van der Waals surface area contributed by atoms with Crippen LogP contribution in [0, 0.1) is 0 Å². The van der Waals surface area contributed by atoms with Crippen LogP contribution in [-0.4, -0.2) is 64.9 Å². The number of amides is 1. The average Bonchev–Trinajstić information content (AvgIpc) is 2.88. The monoisotopic (exact) mass is 478 g/mol. The summed E-state index contributed by atoms with van der Waals surface area (Å²) in [5, 5.41) is 13.0. The van der Waals surface area contributed by atoms with Gasteiger partial charge in [-0.2, -0.15) is 0 Å². The molecule has 1 unspecified atom stereocenters. The van der Waals surface area contributed by atoms with E-state index >= 15 is 0 Å². The Morgan fingerprint density at radius 2 is 1.77 bits per heavy atom. The van der Waals surface area contributed by atoms with Gasteiger partial charge < -0.3 is 15.3 Å². The topological polar surface area (TPSA) is 103 Å². The van der Waals surface area contributed by atoms with E-state index in [9.17, 15) is 14.4 Å². The number of carboxylic acids is 1. The zero-order chi connectivity index (χ0) is 24.8. The molecule has 2 aromatic rings. The van der Waals surface area contributed by atoms with Crippen LogP contribution in [0.2, 0.25) is 0 Å². The summed E-state index contributed by atoms with van der Waals surface area (Å²) in [5.41, 5.74) is 1.77. The predicted molar refractivity (Wildman–Crippen MR) is 135 cm³/mol. The number of rotatable bonds is 9. The first kappa shape index (κ1) is 24.9. The van der Waals surface area contributed by atoms with Crippen molar-refractivity contribution in [3.05, 3.63) is 47.7 Å². The zero-order valence-corrected chi connectivity index (χ0v) is 20.3. The van der Waals surface area contributed by atoms with E-state index in [2.05, 4.69) is 40.2 Å². The number of anilines is 1. The molecule has 186 valence electrons. The standard InChI is InChI=1S/C27H34N4O4/c1-19(7-6-12-25(32)29-23-11-5-3-9-21(23)26(33)27(34)35)30-15-17-31(18-16-30)24-14-13-20-8-2-4-10-22(20)28-24/h2,4,8,10,13-14,19H,3,5-7,9,11-12,15-18H2,1H3,(H,29,32)(H,34,35). The van der Waals surface area contributed by atoms with Crippen molar-refractivity contribution in [3.63, 3.8) is 0 Å². The van der Waals surface area contributed by atoms with Crippen LogP contribution in [0.3, 0.4) is 0 Å². The number of para-hydroxylation sites is 1. The third-order valence-corrected chi connectivity index (χ3v) is 7.10. The highest BCUT2D eigenvalue weighted by atomic mass is 16.4. The fourth-order valence-electron chi connectivity index (χ4n) is 5.02. The lowest BCUT2D eigenvalue weighted by molar-refractivity contribution is -0.147. The van der Waals surface area contributed by atoms with Crippen molar-refractivity contribution in [3.8, 4) is 0 Å². The van der Waals surface area contributed by atoms with Gasteiger partial charge in [-0.1, -0.05) is 18.2 Å². The molecular formula is C27H34N4O4. The Hall–Kier alpha value is -3.26. The van der Waals surface area contributed by atoms with E-state index in [1.54, 1.807) is 0 Å². The molecule has 0 radical (unpaired) electrons. The van der Waals surface area contributed by atoms with Crippen molar-refractivity contribution < 1.29 is 19.5 Å². The van der Waals surface area contributed by atoms with Crippen LogP contribution in [0.15, 0.2) is 47.7 Å².